The third-order valence-electron chi connectivity index (χ3n) is 3.41. The van der Waals surface area contributed by atoms with Crippen LogP contribution in [0.2, 0.25) is 0 Å². The molecule has 1 atom stereocenters. The molecule has 1 aliphatic rings. The van der Waals surface area contributed by atoms with Crippen molar-refractivity contribution in [3.8, 4) is 0 Å². The summed E-state index contributed by atoms with van der Waals surface area (Å²) < 4.78 is 15.0. The SMILES string of the molecule is COC(=O)c1cc(C2CCCN(C(=O)OC(C)(C)C)C2)no1. The van der Waals surface area contributed by atoms with Gasteiger partial charge < -0.3 is 18.9 Å². The van der Waals surface area contributed by atoms with E-state index in [9.17, 15) is 9.59 Å². The molecule has 0 radical (unpaired) electrons. The Labute approximate surface area is 129 Å². The van der Waals surface area contributed by atoms with Gasteiger partial charge in [0.2, 0.25) is 5.76 Å². The van der Waals surface area contributed by atoms with Crippen molar-refractivity contribution in [1.29, 1.82) is 0 Å². The topological polar surface area (TPSA) is 81.9 Å². The number of carbonyl (C=O) groups excluding carboxylic acids is 2. The van der Waals surface area contributed by atoms with Crippen molar-refractivity contribution in [3.05, 3.63) is 17.5 Å². The zero-order chi connectivity index (χ0) is 16.3. The lowest BCUT2D eigenvalue weighted by atomic mass is 9.95. The predicted octanol–water partition coefficient (Wildman–Crippen LogP) is 2.58. The van der Waals surface area contributed by atoms with E-state index in [0.717, 1.165) is 12.8 Å². The zero-order valence-corrected chi connectivity index (χ0v) is 13.4. The van der Waals surface area contributed by atoms with Gasteiger partial charge in [-0.2, -0.15) is 0 Å². The summed E-state index contributed by atoms with van der Waals surface area (Å²) in [5, 5.41) is 3.92. The summed E-state index contributed by atoms with van der Waals surface area (Å²) in [6.07, 6.45) is 1.41. The minimum absolute atomic E-state index is 0.0309. The Kier molecular flexibility index (Phi) is 4.73. The van der Waals surface area contributed by atoms with Crippen LogP contribution in [-0.2, 0) is 9.47 Å². The molecule has 1 amide bonds. The molecule has 122 valence electrons. The van der Waals surface area contributed by atoms with Crippen molar-refractivity contribution in [1.82, 2.24) is 10.1 Å². The number of methoxy groups -OCH3 is 1. The molecular weight excluding hydrogens is 288 g/mol. The fraction of sp³-hybridized carbons (Fsp3) is 0.667. The molecule has 22 heavy (non-hydrogen) atoms. The van der Waals surface area contributed by atoms with Crippen molar-refractivity contribution in [2.75, 3.05) is 20.2 Å². The Morgan fingerprint density at radius 3 is 2.77 bits per heavy atom. The monoisotopic (exact) mass is 310 g/mol. The molecule has 0 aliphatic carbocycles. The van der Waals surface area contributed by atoms with Crippen LogP contribution in [0.3, 0.4) is 0 Å². The third kappa shape index (κ3) is 3.99. The second-order valence-corrected chi connectivity index (χ2v) is 6.37. The lowest BCUT2D eigenvalue weighted by Crippen LogP contribution is -2.42. The molecule has 2 rings (SSSR count). The first-order valence-corrected chi connectivity index (χ1v) is 7.33. The average molecular weight is 310 g/mol. The van der Waals surface area contributed by atoms with E-state index in [2.05, 4.69) is 9.89 Å². The highest BCUT2D eigenvalue weighted by atomic mass is 16.6. The zero-order valence-electron chi connectivity index (χ0n) is 13.4. The van der Waals surface area contributed by atoms with Crippen LogP contribution in [0.4, 0.5) is 4.79 Å². The average Bonchev–Trinajstić information content (AvgIpc) is 2.94. The van der Waals surface area contributed by atoms with Gasteiger partial charge in [-0.25, -0.2) is 9.59 Å². The van der Waals surface area contributed by atoms with Crippen LogP contribution in [0.1, 0.15) is 55.8 Å². The molecule has 2 heterocycles. The van der Waals surface area contributed by atoms with Gasteiger partial charge in [0.15, 0.2) is 0 Å². The molecule has 0 bridgehead atoms. The van der Waals surface area contributed by atoms with Crippen molar-refractivity contribution in [2.24, 2.45) is 0 Å². The van der Waals surface area contributed by atoms with Gasteiger partial charge in [0.25, 0.3) is 0 Å². The van der Waals surface area contributed by atoms with E-state index in [1.165, 1.54) is 7.11 Å². The Morgan fingerprint density at radius 1 is 1.41 bits per heavy atom. The van der Waals surface area contributed by atoms with Crippen molar-refractivity contribution >= 4 is 12.1 Å². The van der Waals surface area contributed by atoms with E-state index in [0.29, 0.717) is 18.8 Å². The van der Waals surface area contributed by atoms with Gasteiger partial charge in [-0.05, 0) is 33.6 Å². The van der Waals surface area contributed by atoms with E-state index in [1.807, 2.05) is 20.8 Å². The van der Waals surface area contributed by atoms with Crippen molar-refractivity contribution in [2.45, 2.75) is 45.1 Å². The summed E-state index contributed by atoms with van der Waals surface area (Å²) in [7, 11) is 1.29. The number of hydrogen-bond acceptors (Lipinski definition) is 6. The summed E-state index contributed by atoms with van der Waals surface area (Å²) in [6, 6.07) is 1.58. The van der Waals surface area contributed by atoms with Crippen molar-refractivity contribution < 1.29 is 23.6 Å². The molecule has 1 unspecified atom stereocenters. The molecule has 7 heteroatoms. The molecule has 1 saturated heterocycles. The van der Waals surface area contributed by atoms with Crippen LogP contribution in [0, 0.1) is 0 Å². The number of ether oxygens (including phenoxy) is 2. The van der Waals surface area contributed by atoms with Gasteiger partial charge in [-0.1, -0.05) is 5.16 Å². The summed E-state index contributed by atoms with van der Waals surface area (Å²) in [4.78, 5) is 25.2. The molecule has 1 fully saturated rings. The molecule has 0 aromatic carbocycles. The summed E-state index contributed by atoms with van der Waals surface area (Å²) in [6.45, 7) is 6.68. The Bertz CT molecular complexity index is 546. The van der Waals surface area contributed by atoms with E-state index in [-0.39, 0.29) is 17.8 Å². The number of carbonyl (C=O) groups is 2. The van der Waals surface area contributed by atoms with Gasteiger partial charge in [0, 0.05) is 25.1 Å². The number of piperidine rings is 1. The third-order valence-corrected chi connectivity index (χ3v) is 3.41. The Hall–Kier alpha value is -2.05. The molecule has 0 spiro atoms. The van der Waals surface area contributed by atoms with Gasteiger partial charge in [-0.3, -0.25) is 0 Å². The van der Waals surface area contributed by atoms with Gasteiger partial charge in [0.05, 0.1) is 12.8 Å². The van der Waals surface area contributed by atoms with Crippen molar-refractivity contribution in [3.63, 3.8) is 0 Å². The van der Waals surface area contributed by atoms with Crippen LogP contribution < -0.4 is 0 Å². The molecule has 1 aromatic heterocycles. The maximum Gasteiger partial charge on any atom is 0.410 e. The highest BCUT2D eigenvalue weighted by Crippen LogP contribution is 2.27. The smallest absolute Gasteiger partial charge is 0.410 e. The normalized spacial score (nSPS) is 18.9. The van der Waals surface area contributed by atoms with Crippen LogP contribution in [0.15, 0.2) is 10.6 Å². The summed E-state index contributed by atoms with van der Waals surface area (Å²) >= 11 is 0. The first-order valence-electron chi connectivity index (χ1n) is 7.33. The number of esters is 1. The highest BCUT2D eigenvalue weighted by molar-refractivity contribution is 5.86. The second-order valence-electron chi connectivity index (χ2n) is 6.37. The number of rotatable bonds is 2. The number of likely N-dealkylation sites (tertiary alicyclic amines) is 1. The van der Waals surface area contributed by atoms with Crippen LogP contribution in [-0.4, -0.2) is 47.9 Å². The van der Waals surface area contributed by atoms with E-state index >= 15 is 0 Å². The fourth-order valence-electron chi connectivity index (χ4n) is 2.39. The molecule has 1 aliphatic heterocycles. The molecule has 0 saturated carbocycles. The standard InChI is InChI=1S/C15H22N2O5/c1-15(2,3)21-14(19)17-7-5-6-10(9-17)11-8-12(22-16-11)13(18)20-4/h8,10H,5-7,9H2,1-4H3. The number of hydrogen-bond donors (Lipinski definition) is 0. The lowest BCUT2D eigenvalue weighted by Gasteiger charge is -2.33. The Morgan fingerprint density at radius 2 is 2.14 bits per heavy atom. The Balaban J connectivity index is 2.03. The molecule has 0 N–H and O–H groups in total. The van der Waals surface area contributed by atoms with E-state index in [4.69, 9.17) is 9.26 Å². The first kappa shape index (κ1) is 16.3. The fourth-order valence-corrected chi connectivity index (χ4v) is 2.39. The molecule has 7 nitrogen and oxygen atoms in total. The van der Waals surface area contributed by atoms with Crippen LogP contribution in [0.25, 0.3) is 0 Å². The first-order chi connectivity index (χ1) is 10.3. The van der Waals surface area contributed by atoms with Crippen LogP contribution >= 0.6 is 0 Å². The summed E-state index contributed by atoms with van der Waals surface area (Å²) in [5.74, 6) is -0.450. The largest absolute Gasteiger partial charge is 0.463 e. The maximum absolute atomic E-state index is 12.1. The van der Waals surface area contributed by atoms with Gasteiger partial charge in [0.1, 0.15) is 5.60 Å². The predicted molar refractivity (Wildman–Crippen MR) is 77.6 cm³/mol. The van der Waals surface area contributed by atoms with Gasteiger partial charge >= 0.3 is 12.1 Å². The summed E-state index contributed by atoms with van der Waals surface area (Å²) in [5.41, 5.74) is 0.143. The lowest BCUT2D eigenvalue weighted by molar-refractivity contribution is 0.0196. The van der Waals surface area contributed by atoms with Gasteiger partial charge in [-0.15, -0.1) is 0 Å². The van der Waals surface area contributed by atoms with Crippen LogP contribution in [0.5, 0.6) is 0 Å². The minimum Gasteiger partial charge on any atom is -0.463 e. The number of nitrogens with zero attached hydrogens (tertiary/aromatic N) is 2. The minimum atomic E-state index is -0.557. The van der Waals surface area contributed by atoms with E-state index < -0.39 is 11.6 Å². The van der Waals surface area contributed by atoms with E-state index in [1.54, 1.807) is 11.0 Å². The quantitative estimate of drug-likeness (QED) is 0.781. The number of amides is 1. The molecular formula is C15H22N2O5. The molecule has 1 aromatic rings. The highest BCUT2D eigenvalue weighted by Gasteiger charge is 2.30. The number of aromatic nitrogens is 1. The maximum atomic E-state index is 12.1. The second kappa shape index (κ2) is 6.37.